The number of unbranched alkanes of at least 4 members (excludes halogenated alkanes) is 1. The predicted octanol–water partition coefficient (Wildman–Crippen LogP) is 1.84. The lowest BCUT2D eigenvalue weighted by atomic mass is 10.2. The summed E-state index contributed by atoms with van der Waals surface area (Å²) in [5.74, 6) is 1.41. The molecule has 1 atom stereocenters. The molecule has 1 fully saturated rings. The van der Waals surface area contributed by atoms with E-state index in [1.54, 1.807) is 19.4 Å². The molecule has 1 aliphatic rings. The van der Waals surface area contributed by atoms with Gasteiger partial charge in [0.2, 0.25) is 11.8 Å². The summed E-state index contributed by atoms with van der Waals surface area (Å²) in [6, 6.07) is 2.35. The van der Waals surface area contributed by atoms with E-state index in [0.29, 0.717) is 11.9 Å². The standard InChI is InChI=1S/C14H24N4O/c1-3-4-10-18(11-12-6-5-8-15-12)14-16-9-7-13(17-14)19-2/h7,9,12,15H,3-6,8,10-11H2,1-2H3. The smallest absolute Gasteiger partial charge is 0.228 e. The first-order chi connectivity index (χ1) is 9.33. The number of hydrogen-bond acceptors (Lipinski definition) is 5. The summed E-state index contributed by atoms with van der Waals surface area (Å²) in [4.78, 5) is 11.1. The molecule has 0 spiro atoms. The fourth-order valence-electron chi connectivity index (χ4n) is 2.40. The van der Waals surface area contributed by atoms with E-state index in [4.69, 9.17) is 4.74 Å². The summed E-state index contributed by atoms with van der Waals surface area (Å²) in [5.41, 5.74) is 0. The molecular formula is C14H24N4O. The molecule has 19 heavy (non-hydrogen) atoms. The summed E-state index contributed by atoms with van der Waals surface area (Å²) in [7, 11) is 1.64. The highest BCUT2D eigenvalue weighted by Gasteiger charge is 2.19. The van der Waals surface area contributed by atoms with Crippen molar-refractivity contribution >= 4 is 5.95 Å². The highest BCUT2D eigenvalue weighted by Crippen LogP contribution is 2.15. The third kappa shape index (κ3) is 4.06. The van der Waals surface area contributed by atoms with Crippen LogP contribution in [-0.2, 0) is 0 Å². The molecule has 1 aliphatic heterocycles. The van der Waals surface area contributed by atoms with Crippen molar-refractivity contribution in [1.82, 2.24) is 15.3 Å². The zero-order valence-corrected chi connectivity index (χ0v) is 11.9. The number of nitrogens with one attached hydrogen (secondary N) is 1. The van der Waals surface area contributed by atoms with E-state index in [0.717, 1.165) is 32.0 Å². The maximum absolute atomic E-state index is 5.19. The third-order valence-corrected chi connectivity index (χ3v) is 3.49. The highest BCUT2D eigenvalue weighted by molar-refractivity contribution is 5.32. The third-order valence-electron chi connectivity index (χ3n) is 3.49. The molecule has 5 heteroatoms. The van der Waals surface area contributed by atoms with Gasteiger partial charge in [-0.15, -0.1) is 0 Å². The molecule has 2 rings (SSSR count). The maximum atomic E-state index is 5.19. The molecule has 0 aliphatic carbocycles. The van der Waals surface area contributed by atoms with Crippen LogP contribution >= 0.6 is 0 Å². The summed E-state index contributed by atoms with van der Waals surface area (Å²) < 4.78 is 5.19. The van der Waals surface area contributed by atoms with Gasteiger partial charge in [0.25, 0.3) is 0 Å². The monoisotopic (exact) mass is 264 g/mol. The van der Waals surface area contributed by atoms with Gasteiger partial charge in [-0.05, 0) is 25.8 Å². The fraction of sp³-hybridized carbons (Fsp3) is 0.714. The first kappa shape index (κ1) is 14.1. The van der Waals surface area contributed by atoms with Crippen molar-refractivity contribution in [3.63, 3.8) is 0 Å². The number of rotatable bonds is 7. The van der Waals surface area contributed by atoms with Crippen LogP contribution in [0.1, 0.15) is 32.6 Å². The Bertz CT molecular complexity index is 379. The lowest BCUT2D eigenvalue weighted by Gasteiger charge is -2.25. The van der Waals surface area contributed by atoms with Crippen molar-refractivity contribution in [3.8, 4) is 5.88 Å². The van der Waals surface area contributed by atoms with Crippen LogP contribution in [0.5, 0.6) is 5.88 Å². The Kier molecular flexibility index (Phi) is 5.39. The normalized spacial score (nSPS) is 18.5. The number of hydrogen-bond donors (Lipinski definition) is 1. The maximum Gasteiger partial charge on any atom is 0.228 e. The van der Waals surface area contributed by atoms with E-state index in [1.165, 1.54) is 19.3 Å². The number of aromatic nitrogens is 2. The van der Waals surface area contributed by atoms with Crippen LogP contribution in [0, 0.1) is 0 Å². The molecule has 1 N–H and O–H groups in total. The Morgan fingerprint density at radius 2 is 2.42 bits per heavy atom. The minimum Gasteiger partial charge on any atom is -0.481 e. The molecule has 0 amide bonds. The van der Waals surface area contributed by atoms with Crippen LogP contribution in [0.2, 0.25) is 0 Å². The van der Waals surface area contributed by atoms with Gasteiger partial charge in [-0.3, -0.25) is 0 Å². The van der Waals surface area contributed by atoms with Crippen molar-refractivity contribution in [2.75, 3.05) is 31.6 Å². The summed E-state index contributed by atoms with van der Waals surface area (Å²) >= 11 is 0. The van der Waals surface area contributed by atoms with Gasteiger partial charge in [0.05, 0.1) is 7.11 Å². The summed E-state index contributed by atoms with van der Waals surface area (Å²) in [5, 5.41) is 3.53. The van der Waals surface area contributed by atoms with E-state index in [-0.39, 0.29) is 0 Å². The van der Waals surface area contributed by atoms with Gasteiger partial charge < -0.3 is 15.0 Å². The molecule has 1 saturated heterocycles. The lowest BCUT2D eigenvalue weighted by molar-refractivity contribution is 0.396. The fourth-order valence-corrected chi connectivity index (χ4v) is 2.40. The number of ether oxygens (including phenoxy) is 1. The average molecular weight is 264 g/mol. The van der Waals surface area contributed by atoms with Crippen LogP contribution < -0.4 is 15.0 Å². The van der Waals surface area contributed by atoms with E-state index >= 15 is 0 Å². The summed E-state index contributed by atoms with van der Waals surface area (Å²) in [6.07, 6.45) is 6.62. The van der Waals surface area contributed by atoms with Gasteiger partial charge in [0.1, 0.15) is 0 Å². The van der Waals surface area contributed by atoms with Crippen LogP contribution in [0.4, 0.5) is 5.95 Å². The zero-order valence-electron chi connectivity index (χ0n) is 11.9. The minimum atomic E-state index is 0.562. The van der Waals surface area contributed by atoms with Gasteiger partial charge in [0.15, 0.2) is 0 Å². The van der Waals surface area contributed by atoms with E-state index in [1.807, 2.05) is 0 Å². The first-order valence-corrected chi connectivity index (χ1v) is 7.19. The number of anilines is 1. The molecule has 5 nitrogen and oxygen atoms in total. The SMILES string of the molecule is CCCCN(CC1CCCN1)c1nccc(OC)n1. The number of nitrogens with zero attached hydrogens (tertiary/aromatic N) is 3. The van der Waals surface area contributed by atoms with Crippen LogP contribution in [-0.4, -0.2) is 42.8 Å². The molecule has 106 valence electrons. The summed E-state index contributed by atoms with van der Waals surface area (Å²) in [6.45, 7) is 5.32. The minimum absolute atomic E-state index is 0.562. The van der Waals surface area contributed by atoms with Crippen molar-refractivity contribution < 1.29 is 4.74 Å². The molecule has 1 aromatic heterocycles. The molecular weight excluding hydrogens is 240 g/mol. The second-order valence-corrected chi connectivity index (χ2v) is 4.99. The van der Waals surface area contributed by atoms with Crippen molar-refractivity contribution in [2.45, 2.75) is 38.6 Å². The van der Waals surface area contributed by atoms with E-state index < -0.39 is 0 Å². The molecule has 1 unspecified atom stereocenters. The lowest BCUT2D eigenvalue weighted by Crippen LogP contribution is -2.39. The molecule has 0 aromatic carbocycles. The van der Waals surface area contributed by atoms with Gasteiger partial charge >= 0.3 is 0 Å². The Morgan fingerprint density at radius 1 is 1.53 bits per heavy atom. The quantitative estimate of drug-likeness (QED) is 0.814. The topological polar surface area (TPSA) is 50.3 Å². The predicted molar refractivity (Wildman–Crippen MR) is 76.7 cm³/mol. The Balaban J connectivity index is 2.05. The Morgan fingerprint density at radius 3 is 3.11 bits per heavy atom. The Labute approximate surface area is 115 Å². The highest BCUT2D eigenvalue weighted by atomic mass is 16.5. The van der Waals surface area contributed by atoms with Gasteiger partial charge in [-0.25, -0.2) is 4.98 Å². The van der Waals surface area contributed by atoms with Gasteiger partial charge in [-0.2, -0.15) is 4.98 Å². The largest absolute Gasteiger partial charge is 0.481 e. The molecule has 0 bridgehead atoms. The second kappa shape index (κ2) is 7.28. The van der Waals surface area contributed by atoms with Crippen LogP contribution in [0.3, 0.4) is 0 Å². The van der Waals surface area contributed by atoms with Gasteiger partial charge in [-0.1, -0.05) is 13.3 Å². The van der Waals surface area contributed by atoms with E-state index in [9.17, 15) is 0 Å². The Hall–Kier alpha value is -1.36. The van der Waals surface area contributed by atoms with Crippen LogP contribution in [0.15, 0.2) is 12.3 Å². The second-order valence-electron chi connectivity index (χ2n) is 4.99. The molecule has 1 aromatic rings. The van der Waals surface area contributed by atoms with Crippen molar-refractivity contribution in [3.05, 3.63) is 12.3 Å². The molecule has 2 heterocycles. The molecule has 0 saturated carbocycles. The van der Waals surface area contributed by atoms with Crippen molar-refractivity contribution in [1.29, 1.82) is 0 Å². The van der Waals surface area contributed by atoms with Gasteiger partial charge in [0, 0.05) is 31.4 Å². The first-order valence-electron chi connectivity index (χ1n) is 7.19. The van der Waals surface area contributed by atoms with Crippen LogP contribution in [0.25, 0.3) is 0 Å². The zero-order chi connectivity index (χ0) is 13.5. The van der Waals surface area contributed by atoms with Crippen molar-refractivity contribution in [2.24, 2.45) is 0 Å². The average Bonchev–Trinajstić information content (AvgIpc) is 2.96. The van der Waals surface area contributed by atoms with E-state index in [2.05, 4.69) is 27.1 Å². The number of methoxy groups -OCH3 is 1. The molecule has 0 radical (unpaired) electrons.